The Kier molecular flexibility index (Phi) is 4.59. The topological polar surface area (TPSA) is 70.6 Å². The lowest BCUT2D eigenvalue weighted by molar-refractivity contribution is -0.120. The molecule has 0 aromatic heterocycles. The van der Waals surface area contributed by atoms with Crippen molar-refractivity contribution < 1.29 is 14.6 Å². The highest BCUT2D eigenvalue weighted by Gasteiger charge is 2.53. The van der Waals surface area contributed by atoms with E-state index < -0.39 is 5.60 Å². The van der Waals surface area contributed by atoms with E-state index in [9.17, 15) is 9.90 Å². The predicted molar refractivity (Wildman–Crippen MR) is 77.6 cm³/mol. The molecule has 0 aromatic rings. The molecule has 2 fully saturated rings. The molecule has 0 heterocycles. The van der Waals surface area contributed by atoms with E-state index in [1.165, 1.54) is 0 Å². The van der Waals surface area contributed by atoms with Crippen LogP contribution >= 0.6 is 0 Å². The van der Waals surface area contributed by atoms with E-state index in [4.69, 9.17) is 4.74 Å². The van der Waals surface area contributed by atoms with Crippen LogP contribution in [0.25, 0.3) is 0 Å². The second kappa shape index (κ2) is 5.90. The molecular formula is C15H28N2O3. The molecular weight excluding hydrogens is 256 g/mol. The number of hydrogen-bond donors (Lipinski definition) is 3. The molecule has 2 unspecified atom stereocenters. The molecule has 20 heavy (non-hydrogen) atoms. The number of ether oxygens (including phenoxy) is 1. The van der Waals surface area contributed by atoms with Crippen LogP contribution in [-0.2, 0) is 4.74 Å². The number of carbonyl (C=O) groups excluding carboxylic acids is 1. The van der Waals surface area contributed by atoms with Gasteiger partial charge < -0.3 is 20.5 Å². The van der Waals surface area contributed by atoms with Crippen LogP contribution in [0.2, 0.25) is 0 Å². The van der Waals surface area contributed by atoms with Gasteiger partial charge in [0.15, 0.2) is 0 Å². The molecule has 2 atom stereocenters. The van der Waals surface area contributed by atoms with Gasteiger partial charge in [0.05, 0.1) is 11.7 Å². The van der Waals surface area contributed by atoms with Gasteiger partial charge in [-0.25, -0.2) is 4.79 Å². The Morgan fingerprint density at radius 3 is 2.45 bits per heavy atom. The van der Waals surface area contributed by atoms with Crippen molar-refractivity contribution in [1.29, 1.82) is 0 Å². The molecule has 0 aromatic carbocycles. The zero-order chi connectivity index (χ0) is 14.8. The highest BCUT2D eigenvalue weighted by atomic mass is 16.5. The Morgan fingerprint density at radius 2 is 2.00 bits per heavy atom. The summed E-state index contributed by atoms with van der Waals surface area (Å²) in [4.78, 5) is 12.0. The predicted octanol–water partition coefficient (Wildman–Crippen LogP) is 1.79. The third kappa shape index (κ3) is 2.66. The molecule has 0 radical (unpaired) electrons. The number of rotatable bonds is 6. The largest absolute Gasteiger partial charge is 0.388 e. The summed E-state index contributed by atoms with van der Waals surface area (Å²) in [6.45, 7) is 4.65. The van der Waals surface area contributed by atoms with Crippen molar-refractivity contribution in [3.05, 3.63) is 0 Å². The SMILES string of the molecule is CCC1(CC)C(NC(=O)NCC2(O)CCC2)CC1OC. The van der Waals surface area contributed by atoms with E-state index in [1.807, 2.05) is 0 Å². The van der Waals surface area contributed by atoms with Gasteiger partial charge in [0.2, 0.25) is 0 Å². The number of hydrogen-bond acceptors (Lipinski definition) is 3. The monoisotopic (exact) mass is 284 g/mol. The maximum absolute atomic E-state index is 12.0. The molecule has 0 aliphatic heterocycles. The van der Waals surface area contributed by atoms with Gasteiger partial charge in [-0.2, -0.15) is 0 Å². The van der Waals surface area contributed by atoms with Gasteiger partial charge in [-0.1, -0.05) is 13.8 Å². The fourth-order valence-corrected chi connectivity index (χ4v) is 3.69. The minimum atomic E-state index is -0.668. The zero-order valence-electron chi connectivity index (χ0n) is 12.9. The van der Waals surface area contributed by atoms with Crippen LogP contribution in [0.3, 0.4) is 0 Å². The van der Waals surface area contributed by atoms with Gasteiger partial charge in [0, 0.05) is 25.1 Å². The van der Waals surface area contributed by atoms with E-state index in [1.54, 1.807) is 7.11 Å². The Balaban J connectivity index is 1.82. The van der Waals surface area contributed by atoms with Crippen LogP contribution in [0.15, 0.2) is 0 Å². The molecule has 2 saturated carbocycles. The first-order chi connectivity index (χ1) is 9.49. The number of methoxy groups -OCH3 is 1. The first-order valence-corrected chi connectivity index (χ1v) is 7.79. The smallest absolute Gasteiger partial charge is 0.315 e. The van der Waals surface area contributed by atoms with E-state index >= 15 is 0 Å². The number of carbonyl (C=O) groups is 1. The summed E-state index contributed by atoms with van der Waals surface area (Å²) in [5.41, 5.74) is -0.613. The van der Waals surface area contributed by atoms with Gasteiger partial charge in [0.25, 0.3) is 0 Å². The highest BCUT2D eigenvalue weighted by Crippen LogP contribution is 2.48. The number of aliphatic hydroxyl groups is 1. The summed E-state index contributed by atoms with van der Waals surface area (Å²) in [5, 5.41) is 15.8. The van der Waals surface area contributed by atoms with E-state index in [0.29, 0.717) is 6.54 Å². The quantitative estimate of drug-likeness (QED) is 0.696. The van der Waals surface area contributed by atoms with Gasteiger partial charge >= 0.3 is 6.03 Å². The van der Waals surface area contributed by atoms with Crippen molar-refractivity contribution in [1.82, 2.24) is 10.6 Å². The molecule has 5 nitrogen and oxygen atoms in total. The lowest BCUT2D eigenvalue weighted by atomic mass is 9.58. The molecule has 3 N–H and O–H groups in total. The summed E-state index contributed by atoms with van der Waals surface area (Å²) < 4.78 is 5.52. The summed E-state index contributed by atoms with van der Waals surface area (Å²) in [5.74, 6) is 0. The third-order valence-electron chi connectivity index (χ3n) is 5.55. The van der Waals surface area contributed by atoms with Crippen molar-refractivity contribution in [3.8, 4) is 0 Å². The molecule has 2 aliphatic rings. The summed E-state index contributed by atoms with van der Waals surface area (Å²) in [6, 6.07) is -0.00497. The Morgan fingerprint density at radius 1 is 1.35 bits per heavy atom. The molecule has 0 bridgehead atoms. The van der Waals surface area contributed by atoms with Gasteiger partial charge in [-0.05, 0) is 38.5 Å². The highest BCUT2D eigenvalue weighted by molar-refractivity contribution is 5.74. The van der Waals surface area contributed by atoms with Crippen molar-refractivity contribution in [3.63, 3.8) is 0 Å². The van der Waals surface area contributed by atoms with Gasteiger partial charge in [0.1, 0.15) is 0 Å². The first kappa shape index (κ1) is 15.6. The lowest BCUT2D eigenvalue weighted by Crippen LogP contribution is -2.65. The van der Waals surface area contributed by atoms with Crippen molar-refractivity contribution in [2.45, 2.75) is 70.1 Å². The first-order valence-electron chi connectivity index (χ1n) is 7.79. The molecule has 5 heteroatoms. The maximum atomic E-state index is 12.0. The molecule has 116 valence electrons. The summed E-state index contributed by atoms with van der Waals surface area (Å²) in [6.07, 6.45) is 5.72. The summed E-state index contributed by atoms with van der Waals surface area (Å²) in [7, 11) is 1.74. The van der Waals surface area contributed by atoms with Crippen molar-refractivity contribution >= 4 is 6.03 Å². The van der Waals surface area contributed by atoms with Crippen LogP contribution in [0.4, 0.5) is 4.79 Å². The van der Waals surface area contributed by atoms with Crippen LogP contribution in [0.5, 0.6) is 0 Å². The molecule has 2 rings (SSSR count). The average molecular weight is 284 g/mol. The fourth-order valence-electron chi connectivity index (χ4n) is 3.69. The van der Waals surface area contributed by atoms with Crippen LogP contribution in [-0.4, -0.2) is 42.5 Å². The molecule has 2 amide bonds. The standard InChI is InChI=1S/C15H28N2O3/c1-4-15(5-2)11(9-12(15)20-3)17-13(18)16-10-14(19)7-6-8-14/h11-12,19H,4-10H2,1-3H3,(H2,16,17,18). The Bertz CT molecular complexity index is 351. The Hall–Kier alpha value is -0.810. The van der Waals surface area contributed by atoms with Gasteiger partial charge in [-0.15, -0.1) is 0 Å². The summed E-state index contributed by atoms with van der Waals surface area (Å²) >= 11 is 0. The second-order valence-electron chi connectivity index (χ2n) is 6.36. The minimum absolute atomic E-state index is 0.0550. The minimum Gasteiger partial charge on any atom is -0.388 e. The van der Waals surface area contributed by atoms with Crippen molar-refractivity contribution in [2.24, 2.45) is 5.41 Å². The lowest BCUT2D eigenvalue weighted by Gasteiger charge is -2.55. The number of amides is 2. The molecule has 0 spiro atoms. The zero-order valence-corrected chi connectivity index (χ0v) is 12.9. The van der Waals surface area contributed by atoms with Crippen LogP contribution in [0, 0.1) is 5.41 Å². The van der Waals surface area contributed by atoms with Crippen LogP contribution < -0.4 is 10.6 Å². The van der Waals surface area contributed by atoms with Gasteiger partial charge in [-0.3, -0.25) is 0 Å². The van der Waals surface area contributed by atoms with E-state index in [-0.39, 0.29) is 23.6 Å². The third-order valence-corrected chi connectivity index (χ3v) is 5.55. The van der Waals surface area contributed by atoms with Crippen LogP contribution in [0.1, 0.15) is 52.4 Å². The normalized spacial score (nSPS) is 30.0. The fraction of sp³-hybridized carbons (Fsp3) is 0.933. The average Bonchev–Trinajstić information content (AvgIpc) is 2.40. The number of urea groups is 1. The molecule has 2 aliphatic carbocycles. The second-order valence-corrected chi connectivity index (χ2v) is 6.36. The maximum Gasteiger partial charge on any atom is 0.315 e. The molecule has 0 saturated heterocycles. The van der Waals surface area contributed by atoms with E-state index in [2.05, 4.69) is 24.5 Å². The Labute approximate surface area is 121 Å². The van der Waals surface area contributed by atoms with E-state index in [0.717, 1.165) is 38.5 Å². The van der Waals surface area contributed by atoms with Crippen molar-refractivity contribution in [2.75, 3.05) is 13.7 Å². The number of nitrogens with one attached hydrogen (secondary N) is 2.